The molecule has 0 amide bonds. The molecule has 0 aliphatic carbocycles. The minimum absolute atomic E-state index is 0.739. The molecule has 118 valence electrons. The first-order valence-electron chi connectivity index (χ1n) is 8.16. The van der Waals surface area contributed by atoms with Gasteiger partial charge in [-0.2, -0.15) is 0 Å². The lowest BCUT2D eigenvalue weighted by Crippen LogP contribution is -2.12. The Morgan fingerprint density at radius 1 is 0.800 bits per heavy atom. The Hall–Kier alpha value is -0.760. The SMILES string of the molecule is C=C(C)C(=C)OCCCCCCCCCCCN(C)C. The highest BCUT2D eigenvalue weighted by Crippen LogP contribution is 2.11. The van der Waals surface area contributed by atoms with E-state index in [9.17, 15) is 0 Å². The Morgan fingerprint density at radius 3 is 1.70 bits per heavy atom. The van der Waals surface area contributed by atoms with Gasteiger partial charge in [-0.15, -0.1) is 0 Å². The molecule has 0 bridgehead atoms. The molecule has 0 aliphatic heterocycles. The van der Waals surface area contributed by atoms with Gasteiger partial charge in [0.25, 0.3) is 0 Å². The van der Waals surface area contributed by atoms with Gasteiger partial charge in [-0.3, -0.25) is 0 Å². The summed E-state index contributed by atoms with van der Waals surface area (Å²) in [7, 11) is 4.30. The largest absolute Gasteiger partial charge is 0.494 e. The first-order chi connectivity index (χ1) is 9.54. The summed E-state index contributed by atoms with van der Waals surface area (Å²) in [5.41, 5.74) is 0.930. The Labute approximate surface area is 126 Å². The van der Waals surface area contributed by atoms with Gasteiger partial charge in [-0.25, -0.2) is 0 Å². The van der Waals surface area contributed by atoms with E-state index < -0.39 is 0 Å². The molecule has 0 atom stereocenters. The zero-order valence-electron chi connectivity index (χ0n) is 14.0. The molecule has 0 aliphatic rings. The molecule has 0 aromatic rings. The fourth-order valence-electron chi connectivity index (χ4n) is 2.09. The van der Waals surface area contributed by atoms with Crippen molar-refractivity contribution >= 4 is 0 Å². The monoisotopic (exact) mass is 281 g/mol. The summed E-state index contributed by atoms with van der Waals surface area (Å²) < 4.78 is 5.50. The van der Waals surface area contributed by atoms with Gasteiger partial charge in [0.15, 0.2) is 0 Å². The van der Waals surface area contributed by atoms with Crippen molar-refractivity contribution in [3.63, 3.8) is 0 Å². The average Bonchev–Trinajstić information content (AvgIpc) is 2.39. The van der Waals surface area contributed by atoms with Crippen molar-refractivity contribution in [2.24, 2.45) is 0 Å². The van der Waals surface area contributed by atoms with Crippen LogP contribution in [0, 0.1) is 0 Å². The van der Waals surface area contributed by atoms with Crippen LogP contribution in [0.1, 0.15) is 64.7 Å². The third-order valence-corrected chi connectivity index (χ3v) is 3.50. The standard InChI is InChI=1S/C18H35NO/c1-17(2)18(3)20-16-14-12-10-8-6-7-9-11-13-15-19(4)5/h1,3,6-16H2,2,4-5H3. The molecule has 0 heterocycles. The minimum Gasteiger partial charge on any atom is -0.494 e. The van der Waals surface area contributed by atoms with Crippen molar-refractivity contribution in [3.8, 4) is 0 Å². The fraction of sp³-hybridized carbons (Fsp3) is 0.778. The lowest BCUT2D eigenvalue weighted by molar-refractivity contribution is 0.214. The van der Waals surface area contributed by atoms with Crippen LogP contribution in [-0.4, -0.2) is 32.1 Å². The molecule has 20 heavy (non-hydrogen) atoms. The molecule has 0 spiro atoms. The Balaban J connectivity index is 3.10. The van der Waals surface area contributed by atoms with Crippen molar-refractivity contribution in [2.45, 2.75) is 64.7 Å². The number of nitrogens with zero attached hydrogens (tertiary/aromatic N) is 1. The van der Waals surface area contributed by atoms with E-state index >= 15 is 0 Å². The second-order valence-electron chi connectivity index (χ2n) is 6.04. The summed E-state index contributed by atoms with van der Waals surface area (Å²) in [4.78, 5) is 2.27. The Morgan fingerprint density at radius 2 is 1.25 bits per heavy atom. The van der Waals surface area contributed by atoms with Crippen LogP contribution in [0.2, 0.25) is 0 Å². The van der Waals surface area contributed by atoms with Crippen LogP contribution in [-0.2, 0) is 4.74 Å². The van der Waals surface area contributed by atoms with Crippen molar-refractivity contribution in [3.05, 3.63) is 24.5 Å². The van der Waals surface area contributed by atoms with E-state index in [1.54, 1.807) is 0 Å². The maximum atomic E-state index is 5.50. The average molecular weight is 281 g/mol. The van der Waals surface area contributed by atoms with Gasteiger partial charge in [0, 0.05) is 0 Å². The van der Waals surface area contributed by atoms with Gasteiger partial charge in [-0.05, 0) is 46.0 Å². The molecule has 0 unspecified atom stereocenters. The summed E-state index contributed by atoms with van der Waals surface area (Å²) in [5.74, 6) is 0.739. The number of hydrogen-bond acceptors (Lipinski definition) is 2. The molecule has 0 N–H and O–H groups in total. The summed E-state index contributed by atoms with van der Waals surface area (Å²) in [6.07, 6.45) is 12.0. The number of ether oxygens (including phenoxy) is 1. The fourth-order valence-corrected chi connectivity index (χ4v) is 2.09. The number of hydrogen-bond donors (Lipinski definition) is 0. The summed E-state index contributed by atoms with van der Waals surface area (Å²) in [6, 6.07) is 0. The van der Waals surface area contributed by atoms with E-state index in [1.165, 1.54) is 57.9 Å². The van der Waals surface area contributed by atoms with Crippen LogP contribution in [0.15, 0.2) is 24.5 Å². The van der Waals surface area contributed by atoms with E-state index in [1.807, 2.05) is 6.92 Å². The highest BCUT2D eigenvalue weighted by Gasteiger charge is 1.96. The first kappa shape index (κ1) is 19.2. The van der Waals surface area contributed by atoms with E-state index in [2.05, 4.69) is 32.2 Å². The highest BCUT2D eigenvalue weighted by atomic mass is 16.5. The van der Waals surface area contributed by atoms with E-state index in [0.717, 1.165) is 24.4 Å². The molecule has 0 aromatic carbocycles. The first-order valence-corrected chi connectivity index (χ1v) is 8.16. The van der Waals surface area contributed by atoms with Crippen molar-refractivity contribution in [1.82, 2.24) is 4.90 Å². The van der Waals surface area contributed by atoms with Gasteiger partial charge in [-0.1, -0.05) is 58.1 Å². The van der Waals surface area contributed by atoms with Gasteiger partial charge in [0.05, 0.1) is 6.61 Å². The molecule has 0 saturated carbocycles. The van der Waals surface area contributed by atoms with Gasteiger partial charge < -0.3 is 9.64 Å². The molecule has 2 nitrogen and oxygen atoms in total. The second-order valence-corrected chi connectivity index (χ2v) is 6.04. The molecule has 0 saturated heterocycles. The van der Waals surface area contributed by atoms with Crippen LogP contribution in [0.4, 0.5) is 0 Å². The van der Waals surface area contributed by atoms with E-state index in [-0.39, 0.29) is 0 Å². The van der Waals surface area contributed by atoms with Crippen molar-refractivity contribution < 1.29 is 4.74 Å². The lowest BCUT2D eigenvalue weighted by Gasteiger charge is -2.09. The number of allylic oxidation sites excluding steroid dienone is 1. The third kappa shape index (κ3) is 13.7. The van der Waals surface area contributed by atoms with Crippen LogP contribution in [0.5, 0.6) is 0 Å². The molecule has 0 aromatic heterocycles. The summed E-state index contributed by atoms with van der Waals surface area (Å²) >= 11 is 0. The quantitative estimate of drug-likeness (QED) is 0.247. The smallest absolute Gasteiger partial charge is 0.114 e. The van der Waals surface area contributed by atoms with Crippen LogP contribution in [0.25, 0.3) is 0 Å². The second kappa shape index (κ2) is 13.2. The van der Waals surface area contributed by atoms with Gasteiger partial charge in [0.1, 0.15) is 5.76 Å². The van der Waals surface area contributed by atoms with Gasteiger partial charge in [0.2, 0.25) is 0 Å². The minimum atomic E-state index is 0.739. The molecule has 2 heteroatoms. The lowest BCUT2D eigenvalue weighted by atomic mass is 10.1. The summed E-state index contributed by atoms with van der Waals surface area (Å²) in [6.45, 7) is 11.6. The van der Waals surface area contributed by atoms with Crippen LogP contribution in [0.3, 0.4) is 0 Å². The zero-order valence-corrected chi connectivity index (χ0v) is 14.0. The van der Waals surface area contributed by atoms with Crippen LogP contribution < -0.4 is 0 Å². The molecular weight excluding hydrogens is 246 g/mol. The predicted octanol–water partition coefficient (Wildman–Crippen LogP) is 5.17. The van der Waals surface area contributed by atoms with Gasteiger partial charge >= 0.3 is 0 Å². The maximum absolute atomic E-state index is 5.50. The Bertz CT molecular complexity index is 258. The molecular formula is C18H35NO. The van der Waals surface area contributed by atoms with E-state index in [0.29, 0.717) is 0 Å². The van der Waals surface area contributed by atoms with Crippen LogP contribution >= 0.6 is 0 Å². The van der Waals surface area contributed by atoms with Crippen molar-refractivity contribution in [2.75, 3.05) is 27.2 Å². The predicted molar refractivity (Wildman–Crippen MR) is 90.0 cm³/mol. The summed E-state index contributed by atoms with van der Waals surface area (Å²) in [5, 5.41) is 0. The van der Waals surface area contributed by atoms with E-state index in [4.69, 9.17) is 4.74 Å². The highest BCUT2D eigenvalue weighted by molar-refractivity contribution is 5.15. The zero-order chi connectivity index (χ0) is 15.2. The number of unbranched alkanes of at least 4 members (excludes halogenated alkanes) is 8. The topological polar surface area (TPSA) is 12.5 Å². The maximum Gasteiger partial charge on any atom is 0.114 e. The molecule has 0 radical (unpaired) electrons. The Kier molecular flexibility index (Phi) is 12.7. The molecule has 0 rings (SSSR count). The normalized spacial score (nSPS) is 10.8. The third-order valence-electron chi connectivity index (χ3n) is 3.50. The number of rotatable bonds is 14. The molecule has 0 fully saturated rings. The van der Waals surface area contributed by atoms with Crippen molar-refractivity contribution in [1.29, 1.82) is 0 Å².